The normalized spacial score (nSPS) is 10.6. The molecule has 4 N–H and O–H groups in total. The van der Waals surface area contributed by atoms with Gasteiger partial charge in [-0.3, -0.25) is 14.6 Å². The van der Waals surface area contributed by atoms with E-state index in [0.717, 1.165) is 5.56 Å². The van der Waals surface area contributed by atoms with E-state index in [1.807, 2.05) is 0 Å². The Kier molecular flexibility index (Phi) is 4.17. The average Bonchev–Trinajstić information content (AvgIpc) is 2.59. The first-order chi connectivity index (χ1) is 11.9. The first kappa shape index (κ1) is 16.2. The van der Waals surface area contributed by atoms with Crippen LogP contribution in [0.3, 0.4) is 0 Å². The lowest BCUT2D eigenvalue weighted by Crippen LogP contribution is -2.24. The molecule has 0 saturated carbocycles. The molecule has 25 heavy (non-hydrogen) atoms. The zero-order chi connectivity index (χ0) is 18.0. The average molecular weight is 339 g/mol. The highest BCUT2D eigenvalue weighted by Gasteiger charge is 2.09. The fourth-order valence-corrected chi connectivity index (χ4v) is 2.36. The molecular weight excluding hydrogens is 326 g/mol. The highest BCUT2D eigenvalue weighted by Crippen LogP contribution is 2.09. The fourth-order valence-electron chi connectivity index (χ4n) is 2.36. The van der Waals surface area contributed by atoms with Gasteiger partial charge in [-0.05, 0) is 35.9 Å². The number of fused-ring (bicyclic) bond motifs is 1. The fraction of sp³-hybridized carbons (Fsp3) is 0.0588. The Morgan fingerprint density at radius 3 is 2.32 bits per heavy atom. The maximum atomic E-state index is 12.2. The predicted molar refractivity (Wildman–Crippen MR) is 89.8 cm³/mol. The van der Waals surface area contributed by atoms with E-state index < -0.39 is 17.2 Å². The minimum atomic E-state index is -1.02. The first-order valence-electron chi connectivity index (χ1n) is 7.31. The molecule has 0 saturated heterocycles. The molecule has 0 atom stereocenters. The van der Waals surface area contributed by atoms with Crippen LogP contribution in [0, 0.1) is 0 Å². The molecule has 3 rings (SSSR count). The summed E-state index contributed by atoms with van der Waals surface area (Å²) in [6, 6.07) is 10.5. The van der Waals surface area contributed by atoms with Crippen LogP contribution in [-0.2, 0) is 6.54 Å². The molecular formula is C17H13N3O5. The van der Waals surface area contributed by atoms with Gasteiger partial charge in [-0.15, -0.1) is 0 Å². The van der Waals surface area contributed by atoms with E-state index in [0.29, 0.717) is 0 Å². The Morgan fingerprint density at radius 1 is 0.960 bits per heavy atom. The summed E-state index contributed by atoms with van der Waals surface area (Å²) in [6.45, 7) is 0.211. The maximum Gasteiger partial charge on any atom is 0.335 e. The van der Waals surface area contributed by atoms with Crippen molar-refractivity contribution in [1.29, 1.82) is 0 Å². The Bertz CT molecular complexity index is 1080. The van der Waals surface area contributed by atoms with Crippen LogP contribution in [0.1, 0.15) is 26.3 Å². The van der Waals surface area contributed by atoms with E-state index in [1.54, 1.807) is 12.1 Å². The molecule has 1 heterocycles. The smallest absolute Gasteiger partial charge is 0.335 e. The topological polar surface area (TPSA) is 132 Å². The molecule has 0 aliphatic rings. The molecule has 0 unspecified atom stereocenters. The van der Waals surface area contributed by atoms with Crippen LogP contribution < -0.4 is 16.6 Å². The van der Waals surface area contributed by atoms with E-state index in [1.165, 1.54) is 30.3 Å². The summed E-state index contributed by atoms with van der Waals surface area (Å²) >= 11 is 0. The SMILES string of the molecule is O=C(O)c1ccc(CNC(=O)c2ccc3c(=O)[nH]c(=O)[nH]c3c2)cc1. The number of carboxylic acid groups (broad SMARTS) is 1. The van der Waals surface area contributed by atoms with Crippen molar-refractivity contribution < 1.29 is 14.7 Å². The number of hydrogen-bond donors (Lipinski definition) is 4. The number of rotatable bonds is 4. The van der Waals surface area contributed by atoms with Gasteiger partial charge in [-0.1, -0.05) is 12.1 Å². The van der Waals surface area contributed by atoms with E-state index in [-0.39, 0.29) is 34.5 Å². The summed E-state index contributed by atoms with van der Waals surface area (Å²) in [5.74, 6) is -1.40. The van der Waals surface area contributed by atoms with Crippen molar-refractivity contribution in [3.8, 4) is 0 Å². The number of aromatic carboxylic acids is 1. The molecule has 8 nitrogen and oxygen atoms in total. The third-order valence-electron chi connectivity index (χ3n) is 3.66. The molecule has 1 amide bonds. The number of carbonyl (C=O) groups excluding carboxylic acids is 1. The molecule has 0 fully saturated rings. The van der Waals surface area contributed by atoms with Gasteiger partial charge in [0.05, 0.1) is 16.5 Å². The Balaban J connectivity index is 1.77. The van der Waals surface area contributed by atoms with Gasteiger partial charge in [0.1, 0.15) is 0 Å². The monoisotopic (exact) mass is 339 g/mol. The summed E-state index contributed by atoms with van der Waals surface area (Å²) in [5, 5.41) is 11.8. The van der Waals surface area contributed by atoms with Gasteiger partial charge < -0.3 is 15.4 Å². The van der Waals surface area contributed by atoms with Crippen molar-refractivity contribution in [2.75, 3.05) is 0 Å². The van der Waals surface area contributed by atoms with Crippen LogP contribution in [0.4, 0.5) is 0 Å². The molecule has 0 spiro atoms. The molecule has 3 aromatic rings. The molecule has 0 aliphatic heterocycles. The van der Waals surface area contributed by atoms with Crippen LogP contribution in [0.15, 0.2) is 52.1 Å². The van der Waals surface area contributed by atoms with E-state index >= 15 is 0 Å². The number of H-pyrrole nitrogens is 2. The van der Waals surface area contributed by atoms with Crippen molar-refractivity contribution >= 4 is 22.8 Å². The quantitative estimate of drug-likeness (QED) is 0.559. The van der Waals surface area contributed by atoms with Crippen molar-refractivity contribution in [3.05, 3.63) is 80.0 Å². The van der Waals surface area contributed by atoms with Crippen LogP contribution >= 0.6 is 0 Å². The van der Waals surface area contributed by atoms with Crippen molar-refractivity contribution in [3.63, 3.8) is 0 Å². The molecule has 126 valence electrons. The second kappa shape index (κ2) is 6.44. The summed E-state index contributed by atoms with van der Waals surface area (Å²) in [4.78, 5) is 50.6. The molecule has 0 bridgehead atoms. The van der Waals surface area contributed by atoms with Gasteiger partial charge >= 0.3 is 11.7 Å². The largest absolute Gasteiger partial charge is 0.478 e. The second-order valence-corrected chi connectivity index (χ2v) is 5.35. The van der Waals surface area contributed by atoms with Gasteiger partial charge in [0.15, 0.2) is 0 Å². The predicted octanol–water partition coefficient (Wildman–Crippen LogP) is 0.845. The highest BCUT2D eigenvalue weighted by atomic mass is 16.4. The number of carbonyl (C=O) groups is 2. The molecule has 0 radical (unpaired) electrons. The van der Waals surface area contributed by atoms with E-state index in [9.17, 15) is 19.2 Å². The lowest BCUT2D eigenvalue weighted by atomic mass is 10.1. The zero-order valence-corrected chi connectivity index (χ0v) is 12.8. The molecule has 2 aromatic carbocycles. The minimum Gasteiger partial charge on any atom is -0.478 e. The van der Waals surface area contributed by atoms with Gasteiger partial charge in [-0.25, -0.2) is 9.59 Å². The number of hydrogen-bond acceptors (Lipinski definition) is 4. The molecule has 8 heteroatoms. The lowest BCUT2D eigenvalue weighted by molar-refractivity contribution is 0.0696. The van der Waals surface area contributed by atoms with Gasteiger partial charge in [-0.2, -0.15) is 0 Å². The number of nitrogens with one attached hydrogen (secondary N) is 3. The number of aromatic nitrogens is 2. The van der Waals surface area contributed by atoms with Crippen LogP contribution in [0.5, 0.6) is 0 Å². The number of aromatic amines is 2. The standard InChI is InChI=1S/C17H13N3O5/c21-14(18-8-9-1-3-10(4-2-9)16(23)24)11-5-6-12-13(7-11)19-17(25)20-15(12)22/h1-7H,8H2,(H,18,21)(H,23,24)(H2,19,20,22,25). The summed E-state index contributed by atoms with van der Waals surface area (Å²) in [5.41, 5.74) is 0.295. The Hall–Kier alpha value is -3.68. The lowest BCUT2D eigenvalue weighted by Gasteiger charge is -2.06. The van der Waals surface area contributed by atoms with E-state index in [2.05, 4.69) is 15.3 Å². The van der Waals surface area contributed by atoms with Crippen molar-refractivity contribution in [2.24, 2.45) is 0 Å². The molecule has 0 aliphatic carbocycles. The Morgan fingerprint density at radius 2 is 1.64 bits per heavy atom. The number of benzene rings is 2. The highest BCUT2D eigenvalue weighted by molar-refractivity contribution is 5.97. The number of carboxylic acids is 1. The van der Waals surface area contributed by atoms with Crippen LogP contribution in [0.25, 0.3) is 10.9 Å². The minimum absolute atomic E-state index is 0.166. The summed E-state index contributed by atoms with van der Waals surface area (Å²) < 4.78 is 0. The van der Waals surface area contributed by atoms with Crippen molar-refractivity contribution in [2.45, 2.75) is 6.54 Å². The van der Waals surface area contributed by atoms with Gasteiger partial charge in [0.25, 0.3) is 11.5 Å². The third-order valence-corrected chi connectivity index (χ3v) is 3.66. The Labute approximate surface area is 140 Å². The maximum absolute atomic E-state index is 12.2. The van der Waals surface area contributed by atoms with Crippen LogP contribution in [-0.4, -0.2) is 27.0 Å². The van der Waals surface area contributed by atoms with E-state index in [4.69, 9.17) is 5.11 Å². The molecule has 1 aromatic heterocycles. The zero-order valence-electron chi connectivity index (χ0n) is 12.8. The van der Waals surface area contributed by atoms with Gasteiger partial charge in [0.2, 0.25) is 0 Å². The van der Waals surface area contributed by atoms with Crippen molar-refractivity contribution in [1.82, 2.24) is 15.3 Å². The summed E-state index contributed by atoms with van der Waals surface area (Å²) in [6.07, 6.45) is 0. The third kappa shape index (κ3) is 3.47. The first-order valence-corrected chi connectivity index (χ1v) is 7.31. The second-order valence-electron chi connectivity index (χ2n) is 5.35. The summed E-state index contributed by atoms with van der Waals surface area (Å²) in [7, 11) is 0. The number of amides is 1. The van der Waals surface area contributed by atoms with Gasteiger partial charge in [0, 0.05) is 12.1 Å². The van der Waals surface area contributed by atoms with Crippen LogP contribution in [0.2, 0.25) is 0 Å².